The van der Waals surface area contributed by atoms with Gasteiger partial charge >= 0.3 is 12.0 Å². The number of benzene rings is 1. The van der Waals surface area contributed by atoms with E-state index in [1.165, 1.54) is 24.3 Å². The molecule has 1 aliphatic rings. The highest BCUT2D eigenvalue weighted by Crippen LogP contribution is 2.25. The first-order valence-corrected chi connectivity index (χ1v) is 8.32. The van der Waals surface area contributed by atoms with E-state index in [0.29, 0.717) is 24.9 Å². The molecule has 1 aromatic rings. The van der Waals surface area contributed by atoms with Crippen LogP contribution in [-0.2, 0) is 4.79 Å². The van der Waals surface area contributed by atoms with E-state index >= 15 is 0 Å². The first-order chi connectivity index (χ1) is 11.9. The summed E-state index contributed by atoms with van der Waals surface area (Å²) < 4.78 is 12.9. The van der Waals surface area contributed by atoms with Crippen LogP contribution in [0.5, 0.6) is 0 Å². The summed E-state index contributed by atoms with van der Waals surface area (Å²) in [5.74, 6) is -1.24. The molecule has 1 atom stereocenters. The number of nitrogens with one attached hydrogen (secondary N) is 2. The van der Waals surface area contributed by atoms with Crippen LogP contribution >= 0.6 is 0 Å². The molecular formula is C17H24FN3O4. The van der Waals surface area contributed by atoms with Crippen molar-refractivity contribution in [1.29, 1.82) is 0 Å². The molecule has 0 spiro atoms. The molecule has 8 heteroatoms. The summed E-state index contributed by atoms with van der Waals surface area (Å²) in [5.41, 5.74) is 0.615. The molecular weight excluding hydrogens is 329 g/mol. The van der Waals surface area contributed by atoms with Gasteiger partial charge in [0.05, 0.1) is 19.2 Å². The minimum Gasteiger partial charge on any atom is -0.480 e. The predicted molar refractivity (Wildman–Crippen MR) is 89.6 cm³/mol. The van der Waals surface area contributed by atoms with Crippen molar-refractivity contribution in [2.75, 3.05) is 19.7 Å². The van der Waals surface area contributed by atoms with Crippen LogP contribution in [-0.4, -0.2) is 58.9 Å². The van der Waals surface area contributed by atoms with Gasteiger partial charge in [0.2, 0.25) is 0 Å². The summed E-state index contributed by atoms with van der Waals surface area (Å²) >= 11 is 0. The van der Waals surface area contributed by atoms with Gasteiger partial charge in [0.1, 0.15) is 5.82 Å². The molecule has 4 N–H and O–H groups in total. The van der Waals surface area contributed by atoms with Gasteiger partial charge in [0, 0.05) is 12.1 Å². The largest absolute Gasteiger partial charge is 0.480 e. The van der Waals surface area contributed by atoms with Crippen LogP contribution in [0.1, 0.15) is 31.4 Å². The van der Waals surface area contributed by atoms with Gasteiger partial charge in [0.25, 0.3) is 0 Å². The second kappa shape index (κ2) is 8.77. The highest BCUT2D eigenvalue weighted by molar-refractivity contribution is 5.75. The Labute approximate surface area is 145 Å². The number of aliphatic hydroxyl groups is 1. The number of carbonyl (C=O) groups excluding carboxylic acids is 1. The number of urea groups is 1. The Kier molecular flexibility index (Phi) is 6.72. The van der Waals surface area contributed by atoms with E-state index < -0.39 is 18.0 Å². The number of halogens is 1. The fraction of sp³-hybridized carbons (Fsp3) is 0.529. The number of carboxylic acid groups (broad SMARTS) is 1. The molecule has 138 valence electrons. The van der Waals surface area contributed by atoms with Crippen LogP contribution in [0.4, 0.5) is 9.18 Å². The predicted octanol–water partition coefficient (Wildman–Crippen LogP) is 1.10. The zero-order valence-corrected chi connectivity index (χ0v) is 14.1. The Bertz CT molecular complexity index is 590. The highest BCUT2D eigenvalue weighted by atomic mass is 19.1. The summed E-state index contributed by atoms with van der Waals surface area (Å²) in [6.07, 6.45) is 1.38. The molecule has 7 nitrogen and oxygen atoms in total. The van der Waals surface area contributed by atoms with Gasteiger partial charge in [-0.25, -0.2) is 9.18 Å². The number of carboxylic acids is 1. The fourth-order valence-electron chi connectivity index (χ4n) is 2.99. The number of aliphatic hydroxyl groups excluding tert-OH is 1. The third-order valence-electron chi connectivity index (χ3n) is 4.47. The van der Waals surface area contributed by atoms with E-state index in [1.54, 1.807) is 0 Å². The second-order valence-corrected chi connectivity index (χ2v) is 6.18. The van der Waals surface area contributed by atoms with Gasteiger partial charge in [-0.15, -0.1) is 0 Å². The summed E-state index contributed by atoms with van der Waals surface area (Å²) in [6, 6.07) is 4.68. The Morgan fingerprint density at radius 1 is 1.32 bits per heavy atom. The Morgan fingerprint density at radius 2 is 1.96 bits per heavy atom. The molecule has 0 heterocycles. The maximum Gasteiger partial charge on any atom is 0.317 e. The topological polar surface area (TPSA) is 102 Å². The number of nitrogens with zero attached hydrogens (tertiary/aromatic N) is 1. The zero-order valence-electron chi connectivity index (χ0n) is 14.1. The monoisotopic (exact) mass is 353 g/mol. The number of aliphatic carboxylic acids is 1. The first kappa shape index (κ1) is 19.1. The molecule has 1 aromatic carbocycles. The van der Waals surface area contributed by atoms with E-state index in [-0.39, 0.29) is 31.1 Å². The highest BCUT2D eigenvalue weighted by Gasteiger charge is 2.34. The summed E-state index contributed by atoms with van der Waals surface area (Å²) in [6.45, 7) is 2.25. The SMILES string of the molecule is CCN(CC(=O)O)C1CC(NC(=O)NC(CO)c2ccc(F)cc2)C1. The van der Waals surface area contributed by atoms with Crippen molar-refractivity contribution in [3.8, 4) is 0 Å². The first-order valence-electron chi connectivity index (χ1n) is 8.32. The van der Waals surface area contributed by atoms with Crippen molar-refractivity contribution < 1.29 is 24.2 Å². The normalized spacial score (nSPS) is 20.6. The van der Waals surface area contributed by atoms with Crippen molar-refractivity contribution in [3.63, 3.8) is 0 Å². The lowest BCUT2D eigenvalue weighted by Crippen LogP contribution is -2.56. The lowest BCUT2D eigenvalue weighted by molar-refractivity contribution is -0.139. The van der Waals surface area contributed by atoms with Gasteiger partial charge in [-0.3, -0.25) is 9.69 Å². The van der Waals surface area contributed by atoms with E-state index in [2.05, 4.69) is 10.6 Å². The van der Waals surface area contributed by atoms with Crippen molar-refractivity contribution in [3.05, 3.63) is 35.6 Å². The van der Waals surface area contributed by atoms with Crippen LogP contribution in [0.3, 0.4) is 0 Å². The molecule has 1 unspecified atom stereocenters. The van der Waals surface area contributed by atoms with Crippen LogP contribution in [0.2, 0.25) is 0 Å². The number of amides is 2. The molecule has 0 radical (unpaired) electrons. The van der Waals surface area contributed by atoms with Crippen molar-refractivity contribution in [2.24, 2.45) is 0 Å². The van der Waals surface area contributed by atoms with E-state index in [4.69, 9.17) is 5.11 Å². The third kappa shape index (κ3) is 5.40. The van der Waals surface area contributed by atoms with Crippen molar-refractivity contribution >= 4 is 12.0 Å². The van der Waals surface area contributed by atoms with Gasteiger partial charge in [0.15, 0.2) is 0 Å². The third-order valence-corrected chi connectivity index (χ3v) is 4.47. The van der Waals surface area contributed by atoms with E-state index in [1.807, 2.05) is 11.8 Å². The van der Waals surface area contributed by atoms with Crippen LogP contribution in [0.25, 0.3) is 0 Å². The van der Waals surface area contributed by atoms with E-state index in [9.17, 15) is 19.1 Å². The molecule has 25 heavy (non-hydrogen) atoms. The molecule has 1 fully saturated rings. The molecule has 0 aliphatic heterocycles. The van der Waals surface area contributed by atoms with Crippen molar-refractivity contribution in [1.82, 2.24) is 15.5 Å². The molecule has 1 aliphatic carbocycles. The van der Waals surface area contributed by atoms with Gasteiger partial charge in [-0.05, 0) is 37.1 Å². The molecule has 0 saturated heterocycles. The smallest absolute Gasteiger partial charge is 0.317 e. The minimum atomic E-state index is -0.860. The quantitative estimate of drug-likeness (QED) is 0.560. The number of hydrogen-bond acceptors (Lipinski definition) is 4. The maximum atomic E-state index is 12.9. The summed E-state index contributed by atoms with van der Waals surface area (Å²) in [4.78, 5) is 24.7. The molecule has 0 aromatic heterocycles. The van der Waals surface area contributed by atoms with Gasteiger partial charge < -0.3 is 20.8 Å². The van der Waals surface area contributed by atoms with Crippen LogP contribution in [0.15, 0.2) is 24.3 Å². The van der Waals surface area contributed by atoms with E-state index in [0.717, 1.165) is 0 Å². The Hall–Kier alpha value is -2.19. The molecule has 2 rings (SSSR count). The standard InChI is InChI=1S/C17H24FN3O4/c1-2-21(9-16(23)24)14-7-13(8-14)19-17(25)20-15(10-22)11-3-5-12(18)6-4-11/h3-6,13-15,22H,2,7-10H2,1H3,(H,23,24)(H2,19,20,25). The fourth-order valence-corrected chi connectivity index (χ4v) is 2.99. The lowest BCUT2D eigenvalue weighted by atomic mass is 9.85. The maximum absolute atomic E-state index is 12.9. The Balaban J connectivity index is 1.79. The minimum absolute atomic E-state index is 0.00274. The number of hydrogen-bond donors (Lipinski definition) is 4. The number of carbonyl (C=O) groups is 2. The van der Waals surface area contributed by atoms with Crippen molar-refractivity contribution in [2.45, 2.75) is 37.9 Å². The molecule has 1 saturated carbocycles. The lowest BCUT2D eigenvalue weighted by Gasteiger charge is -2.42. The summed E-state index contributed by atoms with van der Waals surface area (Å²) in [7, 11) is 0. The zero-order chi connectivity index (χ0) is 18.4. The Morgan fingerprint density at radius 3 is 2.48 bits per heavy atom. The molecule has 0 bridgehead atoms. The molecule has 2 amide bonds. The summed E-state index contributed by atoms with van der Waals surface area (Å²) in [5, 5.41) is 23.8. The number of rotatable bonds is 8. The van der Waals surface area contributed by atoms with Gasteiger partial charge in [-0.2, -0.15) is 0 Å². The van der Waals surface area contributed by atoms with Crippen LogP contribution < -0.4 is 10.6 Å². The van der Waals surface area contributed by atoms with Crippen LogP contribution in [0, 0.1) is 5.82 Å². The van der Waals surface area contributed by atoms with Gasteiger partial charge in [-0.1, -0.05) is 19.1 Å². The number of likely N-dealkylation sites (N-methyl/N-ethyl adjacent to an activating group) is 1. The average molecular weight is 353 g/mol. The second-order valence-electron chi connectivity index (χ2n) is 6.18. The average Bonchev–Trinajstić information content (AvgIpc) is 2.54.